The van der Waals surface area contributed by atoms with Gasteiger partial charge in [-0.25, -0.2) is 4.79 Å². The van der Waals surface area contributed by atoms with E-state index in [0.29, 0.717) is 18.4 Å². The molecule has 0 saturated carbocycles. The van der Waals surface area contributed by atoms with Gasteiger partial charge in [0.2, 0.25) is 17.7 Å². The molecule has 3 N–H and O–H groups in total. The zero-order valence-corrected chi connectivity index (χ0v) is 25.8. The number of carboxylic acid groups (broad SMARTS) is 1. The Morgan fingerprint density at radius 2 is 1.44 bits per heavy atom. The second-order valence-electron chi connectivity index (χ2n) is 11.6. The number of amides is 4. The zero-order valence-electron chi connectivity index (χ0n) is 25.8. The first-order valence-corrected chi connectivity index (χ1v) is 14.3. The minimum absolute atomic E-state index is 0.237. The van der Waals surface area contributed by atoms with Gasteiger partial charge in [0.25, 0.3) is 0 Å². The highest BCUT2D eigenvalue weighted by Gasteiger charge is 2.34. The van der Waals surface area contributed by atoms with Crippen LogP contribution in [0.2, 0.25) is 0 Å². The van der Waals surface area contributed by atoms with Gasteiger partial charge in [-0.1, -0.05) is 78.4 Å². The first-order chi connectivity index (χ1) is 20.3. The summed E-state index contributed by atoms with van der Waals surface area (Å²) in [7, 11) is 4.71. The molecule has 0 saturated heterocycles. The van der Waals surface area contributed by atoms with Crippen LogP contribution < -0.4 is 10.6 Å². The van der Waals surface area contributed by atoms with Crippen molar-refractivity contribution >= 4 is 34.6 Å². The summed E-state index contributed by atoms with van der Waals surface area (Å²) >= 11 is 0. The Kier molecular flexibility index (Phi) is 11.1. The maximum Gasteiger partial charge on any atom is 0.405 e. The highest BCUT2D eigenvalue weighted by atomic mass is 16.4. The van der Waals surface area contributed by atoms with Crippen LogP contribution in [0.15, 0.2) is 84.4 Å². The Bertz CT molecular complexity index is 1480. The van der Waals surface area contributed by atoms with Crippen molar-refractivity contribution < 1.29 is 24.3 Å². The van der Waals surface area contributed by atoms with Crippen LogP contribution in [0.4, 0.5) is 4.79 Å². The van der Waals surface area contributed by atoms with E-state index < -0.39 is 29.6 Å². The van der Waals surface area contributed by atoms with E-state index in [-0.39, 0.29) is 18.2 Å². The third-order valence-electron chi connectivity index (χ3n) is 7.52. The van der Waals surface area contributed by atoms with E-state index in [1.165, 1.54) is 22.9 Å². The Labute approximate surface area is 253 Å². The molecule has 228 valence electrons. The molecule has 43 heavy (non-hydrogen) atoms. The van der Waals surface area contributed by atoms with Gasteiger partial charge in [0.1, 0.15) is 12.1 Å². The number of benzene rings is 3. The number of carbonyl (C=O) groups excluding carboxylic acids is 3. The summed E-state index contributed by atoms with van der Waals surface area (Å²) in [6, 6.07) is 21.6. The van der Waals surface area contributed by atoms with Crippen molar-refractivity contribution in [1.29, 1.82) is 0 Å². The Morgan fingerprint density at radius 1 is 0.837 bits per heavy atom. The second-order valence-corrected chi connectivity index (χ2v) is 11.6. The molecule has 2 unspecified atom stereocenters. The van der Waals surface area contributed by atoms with Gasteiger partial charge in [0.15, 0.2) is 0 Å². The number of fused-ring (bicyclic) bond motifs is 1. The van der Waals surface area contributed by atoms with Crippen LogP contribution in [0.3, 0.4) is 0 Å². The number of hydrogen-bond donors (Lipinski definition) is 3. The summed E-state index contributed by atoms with van der Waals surface area (Å²) in [6.45, 7) is 5.23. The molecule has 0 aliphatic carbocycles. The molecule has 9 nitrogen and oxygen atoms in total. The number of likely N-dealkylation sites (N-methyl/N-ethyl adjacent to an activating group) is 3. The van der Waals surface area contributed by atoms with E-state index in [1.54, 1.807) is 34.9 Å². The van der Waals surface area contributed by atoms with Gasteiger partial charge >= 0.3 is 6.09 Å². The molecule has 0 aliphatic rings. The number of rotatable bonds is 12. The molecule has 0 spiro atoms. The summed E-state index contributed by atoms with van der Waals surface area (Å²) in [5, 5.41) is 16.4. The summed E-state index contributed by atoms with van der Waals surface area (Å²) in [6.07, 6.45) is 1.14. The second kappa shape index (κ2) is 14.5. The first-order valence-electron chi connectivity index (χ1n) is 14.3. The number of carbonyl (C=O) groups is 4. The molecular weight excluding hydrogens is 544 g/mol. The maximum absolute atomic E-state index is 14.2. The molecule has 0 heterocycles. The van der Waals surface area contributed by atoms with Crippen LogP contribution >= 0.6 is 0 Å². The van der Waals surface area contributed by atoms with E-state index in [0.717, 1.165) is 21.9 Å². The van der Waals surface area contributed by atoms with Crippen LogP contribution in [-0.2, 0) is 27.2 Å². The highest BCUT2D eigenvalue weighted by molar-refractivity contribution is 5.95. The lowest BCUT2D eigenvalue weighted by atomic mass is 9.95. The van der Waals surface area contributed by atoms with Crippen molar-refractivity contribution in [3.8, 4) is 0 Å². The predicted octanol–water partition coefficient (Wildman–Crippen LogP) is 4.41. The van der Waals surface area contributed by atoms with E-state index in [1.807, 2.05) is 72.8 Å². The maximum atomic E-state index is 14.2. The molecule has 3 rings (SSSR count). The van der Waals surface area contributed by atoms with Gasteiger partial charge < -0.3 is 25.5 Å². The van der Waals surface area contributed by atoms with Gasteiger partial charge in [0.05, 0.1) is 0 Å². The smallest absolute Gasteiger partial charge is 0.405 e. The van der Waals surface area contributed by atoms with Crippen molar-refractivity contribution in [3.63, 3.8) is 0 Å². The van der Waals surface area contributed by atoms with E-state index in [4.69, 9.17) is 5.11 Å². The van der Waals surface area contributed by atoms with Crippen LogP contribution in [-0.4, -0.2) is 77.5 Å². The van der Waals surface area contributed by atoms with Gasteiger partial charge in [-0.15, -0.1) is 0 Å². The predicted molar refractivity (Wildman–Crippen MR) is 169 cm³/mol. The van der Waals surface area contributed by atoms with E-state index >= 15 is 0 Å². The average molecular weight is 587 g/mol. The molecular formula is C34H42N4O5. The lowest BCUT2D eigenvalue weighted by Gasteiger charge is -2.34. The van der Waals surface area contributed by atoms with Crippen LogP contribution in [0.25, 0.3) is 10.8 Å². The van der Waals surface area contributed by atoms with Crippen molar-refractivity contribution in [2.75, 3.05) is 21.1 Å². The monoisotopic (exact) mass is 586 g/mol. The number of nitrogens with one attached hydrogen (secondary N) is 2. The SMILES string of the molecule is CNC(=O)C(Cc1ccccc1)N(C)C(=O)C(Cc1ccc2ccccc2c1)N(C)C(=O)/C=C(/C)CC(C)(C)NC(=O)O. The first kappa shape index (κ1) is 32.8. The number of nitrogens with zero attached hydrogens (tertiary/aromatic N) is 2. The summed E-state index contributed by atoms with van der Waals surface area (Å²) in [5.41, 5.74) is 1.65. The standard InChI is InChI=1S/C34H42N4O5/c1-23(22-34(2,3)36-33(42)43)18-30(39)37(5)29(21-25-16-17-26-14-10-11-15-27(26)19-25)32(41)38(6)28(31(40)35-4)20-24-12-8-7-9-13-24/h7-19,28-29,36H,20-22H2,1-6H3,(H,35,40)(H,42,43)/b23-18-. The van der Waals surface area contributed by atoms with Crippen molar-refractivity contribution in [1.82, 2.24) is 20.4 Å². The third kappa shape index (κ3) is 9.16. The molecule has 0 radical (unpaired) electrons. The molecule has 2 atom stereocenters. The Morgan fingerprint density at radius 3 is 2.07 bits per heavy atom. The van der Waals surface area contributed by atoms with Gasteiger partial charge in [0, 0.05) is 45.6 Å². The molecule has 3 aromatic rings. The summed E-state index contributed by atoms with van der Waals surface area (Å²) < 4.78 is 0. The van der Waals surface area contributed by atoms with Gasteiger partial charge in [-0.3, -0.25) is 14.4 Å². The molecule has 3 aromatic carbocycles. The number of hydrogen-bond acceptors (Lipinski definition) is 4. The topological polar surface area (TPSA) is 119 Å². The molecule has 0 aliphatic heterocycles. The van der Waals surface area contributed by atoms with Crippen LogP contribution in [0, 0.1) is 0 Å². The van der Waals surface area contributed by atoms with Gasteiger partial charge in [-0.2, -0.15) is 0 Å². The van der Waals surface area contributed by atoms with Crippen molar-refractivity contribution in [2.45, 2.75) is 57.7 Å². The molecule has 0 bridgehead atoms. The normalized spacial score (nSPS) is 13.1. The fourth-order valence-electron chi connectivity index (χ4n) is 5.33. The quantitative estimate of drug-likeness (QED) is 0.272. The summed E-state index contributed by atoms with van der Waals surface area (Å²) in [4.78, 5) is 54.8. The van der Waals surface area contributed by atoms with Gasteiger partial charge in [-0.05, 0) is 49.1 Å². The lowest BCUT2D eigenvalue weighted by Crippen LogP contribution is -2.55. The van der Waals surface area contributed by atoms with Crippen molar-refractivity contribution in [3.05, 3.63) is 95.6 Å². The minimum Gasteiger partial charge on any atom is -0.465 e. The minimum atomic E-state index is -1.15. The fourth-order valence-corrected chi connectivity index (χ4v) is 5.33. The summed E-state index contributed by atoms with van der Waals surface area (Å²) in [5.74, 6) is -1.06. The third-order valence-corrected chi connectivity index (χ3v) is 7.52. The molecule has 4 amide bonds. The van der Waals surface area contributed by atoms with Crippen LogP contribution in [0.1, 0.15) is 38.3 Å². The Balaban J connectivity index is 1.95. The van der Waals surface area contributed by atoms with E-state index in [9.17, 15) is 19.2 Å². The zero-order chi connectivity index (χ0) is 31.7. The molecule has 9 heteroatoms. The Hall–Kier alpha value is -4.66. The van der Waals surface area contributed by atoms with E-state index in [2.05, 4.69) is 10.6 Å². The van der Waals surface area contributed by atoms with Crippen LogP contribution in [0.5, 0.6) is 0 Å². The fraction of sp³-hybridized carbons (Fsp3) is 0.353. The lowest BCUT2D eigenvalue weighted by molar-refractivity contribution is -0.146. The molecule has 0 aromatic heterocycles. The molecule has 0 fully saturated rings. The van der Waals surface area contributed by atoms with Crippen molar-refractivity contribution in [2.24, 2.45) is 0 Å². The average Bonchev–Trinajstić information content (AvgIpc) is 2.96. The largest absolute Gasteiger partial charge is 0.465 e. The highest BCUT2D eigenvalue weighted by Crippen LogP contribution is 2.21.